The average molecular weight is 346 g/mol. The summed E-state index contributed by atoms with van der Waals surface area (Å²) in [6, 6.07) is 8.92. The van der Waals surface area contributed by atoms with Gasteiger partial charge in [-0.25, -0.2) is 0 Å². The molecule has 0 fully saturated rings. The minimum atomic E-state index is -0.106. The number of aromatic amines is 1. The van der Waals surface area contributed by atoms with Crippen molar-refractivity contribution >= 4 is 22.5 Å². The largest absolute Gasteiger partial charge is 0.307 e. The lowest BCUT2D eigenvalue weighted by atomic mass is 10.1. The van der Waals surface area contributed by atoms with Crippen LogP contribution >= 0.6 is 11.6 Å². The van der Waals surface area contributed by atoms with E-state index in [9.17, 15) is 9.59 Å². The van der Waals surface area contributed by atoms with E-state index in [-0.39, 0.29) is 11.1 Å². The van der Waals surface area contributed by atoms with E-state index in [1.165, 1.54) is 10.7 Å². The van der Waals surface area contributed by atoms with Crippen molar-refractivity contribution in [1.29, 1.82) is 0 Å². The van der Waals surface area contributed by atoms with Crippen molar-refractivity contribution in [2.45, 2.75) is 32.7 Å². The molecule has 126 valence electrons. The SMILES string of the molecule is CCCCc1c2c(=O)n(C)[nH]c2cc(=O)n1Cc1ccc(Cl)cc1. The molecule has 2 heterocycles. The van der Waals surface area contributed by atoms with Gasteiger partial charge in [0.05, 0.1) is 17.4 Å². The number of nitrogens with one attached hydrogen (secondary N) is 1. The van der Waals surface area contributed by atoms with Crippen molar-refractivity contribution in [2.75, 3.05) is 0 Å². The molecule has 0 unspecified atom stereocenters. The second-order valence-corrected chi connectivity index (χ2v) is 6.45. The normalized spacial score (nSPS) is 11.3. The van der Waals surface area contributed by atoms with E-state index >= 15 is 0 Å². The van der Waals surface area contributed by atoms with E-state index in [4.69, 9.17) is 11.6 Å². The van der Waals surface area contributed by atoms with Crippen LogP contribution in [0, 0.1) is 0 Å². The average Bonchev–Trinajstić information content (AvgIpc) is 2.83. The van der Waals surface area contributed by atoms with Gasteiger partial charge in [-0.2, -0.15) is 0 Å². The fourth-order valence-electron chi connectivity index (χ4n) is 2.97. The summed E-state index contributed by atoms with van der Waals surface area (Å²) < 4.78 is 3.13. The maximum Gasteiger partial charge on any atom is 0.275 e. The number of nitrogens with zero attached hydrogens (tertiary/aromatic N) is 2. The predicted octanol–water partition coefficient (Wildman–Crippen LogP) is 3.07. The molecule has 3 aromatic rings. The number of pyridine rings is 1. The first kappa shape index (κ1) is 16.6. The summed E-state index contributed by atoms with van der Waals surface area (Å²) in [7, 11) is 1.67. The molecule has 5 nitrogen and oxygen atoms in total. The smallest absolute Gasteiger partial charge is 0.275 e. The molecule has 0 amide bonds. The predicted molar refractivity (Wildman–Crippen MR) is 97.0 cm³/mol. The van der Waals surface area contributed by atoms with Gasteiger partial charge in [0.15, 0.2) is 0 Å². The van der Waals surface area contributed by atoms with Gasteiger partial charge in [0, 0.05) is 23.8 Å². The van der Waals surface area contributed by atoms with Crippen molar-refractivity contribution in [3.05, 3.63) is 67.3 Å². The summed E-state index contributed by atoms with van der Waals surface area (Å²) in [5, 5.41) is 4.23. The molecule has 0 aliphatic rings. The van der Waals surface area contributed by atoms with Crippen LogP contribution in [0.2, 0.25) is 5.02 Å². The molecule has 2 aromatic heterocycles. The highest BCUT2D eigenvalue weighted by molar-refractivity contribution is 6.30. The van der Waals surface area contributed by atoms with Crippen LogP contribution in [-0.4, -0.2) is 14.3 Å². The monoisotopic (exact) mass is 345 g/mol. The lowest BCUT2D eigenvalue weighted by Gasteiger charge is -2.13. The van der Waals surface area contributed by atoms with Crippen LogP contribution in [-0.2, 0) is 20.0 Å². The molecule has 0 aliphatic heterocycles. The Labute approximate surface area is 144 Å². The quantitative estimate of drug-likeness (QED) is 0.772. The van der Waals surface area contributed by atoms with Crippen LogP contribution < -0.4 is 11.1 Å². The van der Waals surface area contributed by atoms with Crippen molar-refractivity contribution in [2.24, 2.45) is 7.05 Å². The van der Waals surface area contributed by atoms with E-state index in [1.807, 2.05) is 24.3 Å². The van der Waals surface area contributed by atoms with E-state index in [1.54, 1.807) is 11.6 Å². The first-order valence-electron chi connectivity index (χ1n) is 8.07. The molecule has 3 rings (SSSR count). The van der Waals surface area contributed by atoms with Gasteiger partial charge >= 0.3 is 0 Å². The molecule has 0 radical (unpaired) electrons. The molecule has 0 saturated carbocycles. The van der Waals surface area contributed by atoms with E-state index in [2.05, 4.69) is 12.0 Å². The summed E-state index contributed by atoms with van der Waals surface area (Å²) in [6.45, 7) is 2.52. The minimum Gasteiger partial charge on any atom is -0.307 e. The number of aryl methyl sites for hydroxylation is 2. The van der Waals surface area contributed by atoms with Crippen LogP contribution in [0.1, 0.15) is 31.0 Å². The van der Waals surface area contributed by atoms with Crippen LogP contribution in [0.4, 0.5) is 0 Å². The lowest BCUT2D eigenvalue weighted by molar-refractivity contribution is 0.675. The fourth-order valence-corrected chi connectivity index (χ4v) is 3.10. The summed E-state index contributed by atoms with van der Waals surface area (Å²) >= 11 is 5.93. The molecule has 24 heavy (non-hydrogen) atoms. The standard InChI is InChI=1S/C18H20ClN3O2/c1-3-4-5-15-17-14(20-21(2)18(17)24)10-16(23)22(15)11-12-6-8-13(19)9-7-12/h6-10,20H,3-5,11H2,1-2H3. The number of fused-ring (bicyclic) bond motifs is 1. The maximum atomic E-state index is 12.6. The second kappa shape index (κ2) is 6.69. The third-order valence-electron chi connectivity index (χ3n) is 4.25. The summed E-state index contributed by atoms with van der Waals surface area (Å²) in [6.07, 6.45) is 2.62. The van der Waals surface area contributed by atoms with E-state index in [0.29, 0.717) is 28.9 Å². The number of rotatable bonds is 5. The fraction of sp³-hybridized carbons (Fsp3) is 0.333. The zero-order valence-corrected chi connectivity index (χ0v) is 14.6. The Hall–Kier alpha value is -2.27. The van der Waals surface area contributed by atoms with Gasteiger partial charge in [0.1, 0.15) is 0 Å². The number of halogens is 1. The van der Waals surface area contributed by atoms with E-state index < -0.39 is 0 Å². The van der Waals surface area contributed by atoms with Gasteiger partial charge in [-0.05, 0) is 30.5 Å². The molecule has 0 saturated heterocycles. The van der Waals surface area contributed by atoms with E-state index in [0.717, 1.165) is 24.1 Å². The maximum absolute atomic E-state index is 12.6. The number of H-pyrrole nitrogens is 1. The Balaban J connectivity index is 2.19. The molecule has 0 spiro atoms. The summed E-state index contributed by atoms with van der Waals surface area (Å²) in [5.74, 6) is 0. The van der Waals surface area contributed by atoms with Crippen molar-refractivity contribution in [3.8, 4) is 0 Å². The highest BCUT2D eigenvalue weighted by atomic mass is 35.5. The van der Waals surface area contributed by atoms with Crippen LogP contribution in [0.25, 0.3) is 10.9 Å². The Kier molecular flexibility index (Phi) is 4.62. The van der Waals surface area contributed by atoms with Gasteiger partial charge in [0.2, 0.25) is 0 Å². The van der Waals surface area contributed by atoms with Crippen LogP contribution in [0.15, 0.2) is 39.9 Å². The van der Waals surface area contributed by atoms with Crippen LogP contribution in [0.3, 0.4) is 0 Å². The minimum absolute atomic E-state index is 0.0963. The highest BCUT2D eigenvalue weighted by Crippen LogP contribution is 2.17. The number of benzene rings is 1. The molecule has 1 N–H and O–H groups in total. The molecule has 1 aromatic carbocycles. The summed E-state index contributed by atoms with van der Waals surface area (Å²) in [5.41, 5.74) is 2.18. The van der Waals surface area contributed by atoms with Gasteiger partial charge in [-0.3, -0.25) is 19.4 Å². The highest BCUT2D eigenvalue weighted by Gasteiger charge is 2.16. The third-order valence-corrected chi connectivity index (χ3v) is 4.50. The molecule has 0 bridgehead atoms. The number of hydrogen-bond acceptors (Lipinski definition) is 2. The third kappa shape index (κ3) is 3.04. The lowest BCUT2D eigenvalue weighted by Crippen LogP contribution is -2.25. The van der Waals surface area contributed by atoms with Crippen molar-refractivity contribution in [1.82, 2.24) is 14.3 Å². The topological polar surface area (TPSA) is 59.8 Å². The summed E-state index contributed by atoms with van der Waals surface area (Å²) in [4.78, 5) is 25.1. The molecule has 0 aliphatic carbocycles. The van der Waals surface area contributed by atoms with Crippen molar-refractivity contribution < 1.29 is 0 Å². The zero-order valence-electron chi connectivity index (χ0n) is 13.8. The zero-order chi connectivity index (χ0) is 17.3. The number of aromatic nitrogens is 3. The Morgan fingerprint density at radius 1 is 1.17 bits per heavy atom. The Morgan fingerprint density at radius 3 is 2.54 bits per heavy atom. The molecular weight excluding hydrogens is 326 g/mol. The van der Waals surface area contributed by atoms with Crippen LogP contribution in [0.5, 0.6) is 0 Å². The molecule has 6 heteroatoms. The van der Waals surface area contributed by atoms with Gasteiger partial charge < -0.3 is 4.57 Å². The Bertz CT molecular complexity index is 980. The number of unbranched alkanes of at least 4 members (excludes halogenated alkanes) is 1. The molecular formula is C18H20ClN3O2. The first-order valence-corrected chi connectivity index (χ1v) is 8.45. The second-order valence-electron chi connectivity index (χ2n) is 6.01. The first-order chi connectivity index (χ1) is 11.5. The Morgan fingerprint density at radius 2 is 1.88 bits per heavy atom. The molecule has 0 atom stereocenters. The van der Waals surface area contributed by atoms with Gasteiger partial charge in [-0.15, -0.1) is 0 Å². The van der Waals surface area contributed by atoms with Gasteiger partial charge in [0.25, 0.3) is 11.1 Å². The van der Waals surface area contributed by atoms with Crippen molar-refractivity contribution in [3.63, 3.8) is 0 Å². The number of hydrogen-bond donors (Lipinski definition) is 1. The van der Waals surface area contributed by atoms with Gasteiger partial charge in [-0.1, -0.05) is 37.1 Å².